The fourth-order valence-corrected chi connectivity index (χ4v) is 5.61. The number of hydrogen-bond donors (Lipinski definition) is 0. The Balaban J connectivity index is 0.00000252. The first-order valence-corrected chi connectivity index (χ1v) is 12.1. The third-order valence-corrected chi connectivity index (χ3v) is 7.24. The van der Waals surface area contributed by atoms with Crippen LogP contribution in [0.5, 0.6) is 34.5 Å². The highest BCUT2D eigenvalue weighted by Crippen LogP contribution is 2.44. The zero-order chi connectivity index (χ0) is 24.2. The van der Waals surface area contributed by atoms with Gasteiger partial charge in [0.05, 0.1) is 25.2 Å². The lowest BCUT2D eigenvalue weighted by Gasteiger charge is -2.28. The van der Waals surface area contributed by atoms with Gasteiger partial charge in [0.2, 0.25) is 12.5 Å². The fourth-order valence-electron chi connectivity index (χ4n) is 5.61. The van der Waals surface area contributed by atoms with Crippen molar-refractivity contribution < 1.29 is 57.0 Å². The van der Waals surface area contributed by atoms with Crippen molar-refractivity contribution in [1.29, 1.82) is 0 Å². The Morgan fingerprint density at radius 1 is 0.892 bits per heavy atom. The third kappa shape index (κ3) is 3.89. The maximum absolute atomic E-state index is 6.40. The standard InChI is InChI=1S/C29H26NO6.HI/c1-31-25-8-7-19-21(12-18-15-33-23-5-3-4-6-24(23)36-18)28-20-13-27-26(34-16-35-27)11-17(20)9-10-30(28)14-22(19)29(25)32-2;/h3-8,11,13-14,18H,9-10,12,15-16H2,1-2H3;1H/q+1;/p-1. The Morgan fingerprint density at radius 3 is 2.51 bits per heavy atom. The first-order chi connectivity index (χ1) is 17.7. The van der Waals surface area contributed by atoms with Gasteiger partial charge in [-0.05, 0) is 42.0 Å². The highest BCUT2D eigenvalue weighted by molar-refractivity contribution is 5.95. The molecule has 7 rings (SSSR count). The molecule has 3 aliphatic rings. The molecule has 0 saturated carbocycles. The molecular formula is C29H26INO6. The molecule has 0 radical (unpaired) electrons. The van der Waals surface area contributed by atoms with Crippen molar-refractivity contribution in [3.05, 3.63) is 65.9 Å². The lowest BCUT2D eigenvalue weighted by molar-refractivity contribution is -0.686. The van der Waals surface area contributed by atoms with Crippen LogP contribution in [0, 0.1) is 0 Å². The third-order valence-electron chi connectivity index (χ3n) is 7.24. The van der Waals surface area contributed by atoms with E-state index in [1.165, 1.54) is 11.1 Å². The monoisotopic (exact) mass is 611 g/mol. The largest absolute Gasteiger partial charge is 1.00 e. The molecule has 1 aromatic heterocycles. The maximum atomic E-state index is 6.40. The van der Waals surface area contributed by atoms with Crippen molar-refractivity contribution in [2.45, 2.75) is 25.5 Å². The lowest BCUT2D eigenvalue weighted by atomic mass is 9.89. The van der Waals surface area contributed by atoms with E-state index in [2.05, 4.69) is 29.0 Å². The summed E-state index contributed by atoms with van der Waals surface area (Å²) in [5, 5.41) is 2.11. The number of halogens is 1. The molecule has 0 bridgehead atoms. The summed E-state index contributed by atoms with van der Waals surface area (Å²) in [5.74, 6) is 4.60. The Morgan fingerprint density at radius 2 is 1.70 bits per heavy atom. The number of aromatic nitrogens is 1. The molecule has 0 aliphatic carbocycles. The van der Waals surface area contributed by atoms with Crippen molar-refractivity contribution in [2.75, 3.05) is 27.6 Å². The summed E-state index contributed by atoms with van der Waals surface area (Å²) in [5.41, 5.74) is 4.76. The second-order valence-electron chi connectivity index (χ2n) is 9.23. The molecule has 1 atom stereocenters. The summed E-state index contributed by atoms with van der Waals surface area (Å²) in [4.78, 5) is 0. The number of pyridine rings is 1. The average Bonchev–Trinajstić information content (AvgIpc) is 3.38. The minimum atomic E-state index is -0.136. The molecule has 0 spiro atoms. The van der Waals surface area contributed by atoms with Crippen LogP contribution in [0.4, 0.5) is 0 Å². The maximum Gasteiger partial charge on any atom is 0.231 e. The van der Waals surface area contributed by atoms with Crippen LogP contribution in [0.2, 0.25) is 0 Å². The molecule has 8 heteroatoms. The number of ether oxygens (including phenoxy) is 6. The van der Waals surface area contributed by atoms with Gasteiger partial charge in [-0.25, -0.2) is 0 Å². The van der Waals surface area contributed by atoms with Crippen LogP contribution in [-0.2, 0) is 19.4 Å². The van der Waals surface area contributed by atoms with E-state index in [1.807, 2.05) is 30.3 Å². The Bertz CT molecular complexity index is 1520. The smallest absolute Gasteiger partial charge is 0.231 e. The molecule has 1 unspecified atom stereocenters. The molecule has 3 aliphatic heterocycles. The van der Waals surface area contributed by atoms with E-state index >= 15 is 0 Å². The Labute approximate surface area is 231 Å². The highest BCUT2D eigenvalue weighted by atomic mass is 127. The summed E-state index contributed by atoms with van der Waals surface area (Å²) in [6.45, 7) is 1.58. The number of nitrogens with zero attached hydrogens (tertiary/aromatic N) is 1. The van der Waals surface area contributed by atoms with Gasteiger partial charge in [0.15, 0.2) is 47.2 Å². The van der Waals surface area contributed by atoms with Gasteiger partial charge in [0.1, 0.15) is 12.7 Å². The molecule has 37 heavy (non-hydrogen) atoms. The van der Waals surface area contributed by atoms with E-state index in [0.717, 1.165) is 63.7 Å². The summed E-state index contributed by atoms with van der Waals surface area (Å²) in [6, 6.07) is 16.2. The van der Waals surface area contributed by atoms with Gasteiger partial charge in [-0.3, -0.25) is 0 Å². The van der Waals surface area contributed by atoms with E-state index in [9.17, 15) is 0 Å². The molecule has 4 aromatic rings. The number of fused-ring (bicyclic) bond motifs is 6. The summed E-state index contributed by atoms with van der Waals surface area (Å²) >= 11 is 0. The topological polar surface area (TPSA) is 59.3 Å². The van der Waals surface area contributed by atoms with Crippen molar-refractivity contribution in [1.82, 2.24) is 0 Å². The zero-order valence-electron chi connectivity index (χ0n) is 20.6. The van der Waals surface area contributed by atoms with Crippen LogP contribution in [0.1, 0.15) is 11.1 Å². The minimum absolute atomic E-state index is 0. The lowest BCUT2D eigenvalue weighted by Crippen LogP contribution is -3.00. The summed E-state index contributed by atoms with van der Waals surface area (Å²) in [7, 11) is 3.35. The van der Waals surface area contributed by atoms with Crippen LogP contribution < -0.4 is 57.0 Å². The first kappa shape index (κ1) is 24.0. The Hall–Kier alpha value is -3.40. The van der Waals surface area contributed by atoms with Crippen molar-refractivity contribution >= 4 is 10.8 Å². The summed E-state index contributed by atoms with van der Waals surface area (Å²) in [6.07, 6.45) is 3.61. The van der Waals surface area contributed by atoms with E-state index in [-0.39, 0.29) is 36.9 Å². The van der Waals surface area contributed by atoms with Crippen LogP contribution in [-0.4, -0.2) is 33.7 Å². The van der Waals surface area contributed by atoms with E-state index in [4.69, 9.17) is 28.4 Å². The highest BCUT2D eigenvalue weighted by Gasteiger charge is 2.34. The minimum Gasteiger partial charge on any atom is -1.00 e. The molecule has 190 valence electrons. The molecule has 0 fully saturated rings. The second-order valence-corrected chi connectivity index (χ2v) is 9.23. The van der Waals surface area contributed by atoms with Gasteiger partial charge in [-0.1, -0.05) is 12.1 Å². The average molecular weight is 611 g/mol. The van der Waals surface area contributed by atoms with Crippen LogP contribution in [0.3, 0.4) is 0 Å². The number of hydrogen-bond acceptors (Lipinski definition) is 6. The van der Waals surface area contributed by atoms with E-state index < -0.39 is 0 Å². The number of methoxy groups -OCH3 is 2. The van der Waals surface area contributed by atoms with Gasteiger partial charge in [-0.15, -0.1) is 0 Å². The first-order valence-electron chi connectivity index (χ1n) is 12.1. The Kier molecular flexibility index (Phi) is 6.14. The SMILES string of the molecule is COc1ccc2c(CC3COc4ccccc4O3)c3[n+](cc2c1OC)CCc1cc2c(cc1-3)OCO2.[I-]. The van der Waals surface area contributed by atoms with Gasteiger partial charge in [-0.2, -0.15) is 4.57 Å². The molecular weight excluding hydrogens is 585 g/mol. The quantitative estimate of drug-likeness (QED) is 0.258. The van der Waals surface area contributed by atoms with Crippen molar-refractivity contribution in [3.63, 3.8) is 0 Å². The van der Waals surface area contributed by atoms with Crippen molar-refractivity contribution in [2.24, 2.45) is 0 Å². The van der Waals surface area contributed by atoms with Crippen LogP contribution >= 0.6 is 0 Å². The molecule has 0 N–H and O–H groups in total. The number of para-hydroxylation sites is 2. The van der Waals surface area contributed by atoms with E-state index in [1.54, 1.807) is 14.2 Å². The number of aryl methyl sites for hydroxylation is 2. The fraction of sp³-hybridized carbons (Fsp3) is 0.276. The predicted molar refractivity (Wildman–Crippen MR) is 133 cm³/mol. The van der Waals surface area contributed by atoms with Crippen LogP contribution in [0.15, 0.2) is 54.7 Å². The van der Waals surface area contributed by atoms with Gasteiger partial charge in [0.25, 0.3) is 0 Å². The molecule has 4 heterocycles. The number of benzene rings is 3. The molecule has 0 saturated heterocycles. The molecule has 7 nitrogen and oxygen atoms in total. The van der Waals surface area contributed by atoms with E-state index in [0.29, 0.717) is 18.8 Å². The molecule has 3 aromatic carbocycles. The molecule has 0 amide bonds. The second kappa shape index (κ2) is 9.48. The normalized spacial score (nSPS) is 16.4. The summed E-state index contributed by atoms with van der Waals surface area (Å²) < 4.78 is 37.7. The zero-order valence-corrected chi connectivity index (χ0v) is 22.7. The predicted octanol–water partition coefficient (Wildman–Crippen LogP) is 1.48. The van der Waals surface area contributed by atoms with Gasteiger partial charge >= 0.3 is 0 Å². The van der Waals surface area contributed by atoms with Gasteiger partial charge in [0, 0.05) is 23.8 Å². The van der Waals surface area contributed by atoms with Crippen LogP contribution in [0.25, 0.3) is 22.0 Å². The van der Waals surface area contributed by atoms with Gasteiger partial charge < -0.3 is 52.4 Å². The number of rotatable bonds is 4. The van der Waals surface area contributed by atoms with Crippen molar-refractivity contribution in [3.8, 4) is 45.8 Å².